The first-order valence-corrected chi connectivity index (χ1v) is 6.28. The second-order valence-corrected chi connectivity index (χ2v) is 4.73. The lowest BCUT2D eigenvalue weighted by molar-refractivity contribution is 0.0951. The molecule has 1 saturated carbocycles. The second-order valence-electron chi connectivity index (χ2n) is 4.73. The van der Waals surface area contributed by atoms with Gasteiger partial charge in [0.2, 0.25) is 0 Å². The van der Waals surface area contributed by atoms with E-state index < -0.39 is 0 Å². The predicted octanol–water partition coefficient (Wildman–Crippen LogP) is 1.38. The third-order valence-electron chi connectivity index (χ3n) is 3.30. The number of rotatable bonds is 3. The Labute approximate surface area is 108 Å². The van der Waals surface area contributed by atoms with Crippen molar-refractivity contribution in [2.24, 2.45) is 17.6 Å². The topological polar surface area (TPSA) is 55.1 Å². The van der Waals surface area contributed by atoms with Gasteiger partial charge in [0.1, 0.15) is 0 Å². The van der Waals surface area contributed by atoms with Crippen molar-refractivity contribution < 1.29 is 4.79 Å². The number of carbonyl (C=O) groups excluding carboxylic acids is 1. The van der Waals surface area contributed by atoms with Gasteiger partial charge in [-0.25, -0.2) is 0 Å². The fraction of sp³-hybridized carbons (Fsp3) is 0.400. The molecule has 18 heavy (non-hydrogen) atoms. The van der Waals surface area contributed by atoms with Crippen molar-refractivity contribution in [3.63, 3.8) is 0 Å². The zero-order valence-corrected chi connectivity index (χ0v) is 10.6. The molecule has 1 aromatic carbocycles. The fourth-order valence-corrected chi connectivity index (χ4v) is 1.94. The van der Waals surface area contributed by atoms with Crippen LogP contribution in [-0.4, -0.2) is 19.0 Å². The SMILES string of the molecule is CC1CC1CNC(=O)c1ccccc1C#CCN. The summed E-state index contributed by atoms with van der Waals surface area (Å²) in [7, 11) is 0. The molecule has 2 unspecified atom stereocenters. The van der Waals surface area contributed by atoms with Gasteiger partial charge in [0.05, 0.1) is 12.1 Å². The molecule has 94 valence electrons. The smallest absolute Gasteiger partial charge is 0.252 e. The van der Waals surface area contributed by atoms with Crippen LogP contribution >= 0.6 is 0 Å². The van der Waals surface area contributed by atoms with Crippen LogP contribution in [0.4, 0.5) is 0 Å². The molecule has 3 heteroatoms. The zero-order valence-electron chi connectivity index (χ0n) is 10.6. The average molecular weight is 242 g/mol. The predicted molar refractivity (Wildman–Crippen MR) is 72.0 cm³/mol. The molecule has 1 aliphatic carbocycles. The van der Waals surface area contributed by atoms with Crippen LogP contribution in [0.15, 0.2) is 24.3 Å². The summed E-state index contributed by atoms with van der Waals surface area (Å²) in [6, 6.07) is 7.37. The highest BCUT2D eigenvalue weighted by Crippen LogP contribution is 2.36. The Hall–Kier alpha value is -1.79. The van der Waals surface area contributed by atoms with Crippen molar-refractivity contribution >= 4 is 5.91 Å². The molecule has 0 heterocycles. The molecule has 0 spiro atoms. The van der Waals surface area contributed by atoms with Crippen molar-refractivity contribution in [2.75, 3.05) is 13.1 Å². The van der Waals surface area contributed by atoms with E-state index in [1.54, 1.807) is 6.07 Å². The third kappa shape index (κ3) is 3.12. The van der Waals surface area contributed by atoms with Crippen molar-refractivity contribution in [3.8, 4) is 11.8 Å². The molecule has 0 radical (unpaired) electrons. The van der Waals surface area contributed by atoms with E-state index in [4.69, 9.17) is 5.73 Å². The molecule has 0 saturated heterocycles. The monoisotopic (exact) mass is 242 g/mol. The Kier molecular flexibility index (Phi) is 4.01. The van der Waals surface area contributed by atoms with Gasteiger partial charge in [0.25, 0.3) is 5.91 Å². The molecular formula is C15H18N2O. The molecular weight excluding hydrogens is 224 g/mol. The minimum atomic E-state index is -0.0454. The first kappa shape index (κ1) is 12.7. The summed E-state index contributed by atoms with van der Waals surface area (Å²) in [6.45, 7) is 3.27. The number of benzene rings is 1. The number of hydrogen-bond acceptors (Lipinski definition) is 2. The molecule has 3 nitrogen and oxygen atoms in total. The minimum Gasteiger partial charge on any atom is -0.352 e. The molecule has 2 atom stereocenters. The van der Waals surface area contributed by atoms with E-state index in [1.807, 2.05) is 18.2 Å². The van der Waals surface area contributed by atoms with E-state index in [-0.39, 0.29) is 5.91 Å². The molecule has 0 aromatic heterocycles. The molecule has 2 rings (SSSR count). The highest BCUT2D eigenvalue weighted by molar-refractivity contribution is 5.96. The van der Waals surface area contributed by atoms with E-state index in [1.165, 1.54) is 6.42 Å². The molecule has 1 aliphatic rings. The Bertz CT molecular complexity index is 499. The van der Waals surface area contributed by atoms with Gasteiger partial charge in [-0.15, -0.1) is 0 Å². The number of amides is 1. The summed E-state index contributed by atoms with van der Waals surface area (Å²) in [5.74, 6) is 7.06. The molecule has 1 fully saturated rings. The van der Waals surface area contributed by atoms with E-state index in [0.29, 0.717) is 18.0 Å². The fourth-order valence-electron chi connectivity index (χ4n) is 1.94. The summed E-state index contributed by atoms with van der Waals surface area (Å²) in [5, 5.41) is 2.97. The molecule has 3 N–H and O–H groups in total. The van der Waals surface area contributed by atoms with Crippen LogP contribution in [0, 0.1) is 23.7 Å². The highest BCUT2D eigenvalue weighted by atomic mass is 16.1. The summed E-state index contributed by atoms with van der Waals surface area (Å²) < 4.78 is 0. The lowest BCUT2D eigenvalue weighted by Crippen LogP contribution is -2.26. The van der Waals surface area contributed by atoms with Crippen LogP contribution < -0.4 is 11.1 Å². The van der Waals surface area contributed by atoms with Gasteiger partial charge in [-0.1, -0.05) is 30.9 Å². The Morgan fingerprint density at radius 1 is 1.50 bits per heavy atom. The second kappa shape index (κ2) is 5.70. The Balaban J connectivity index is 2.04. The number of nitrogens with two attached hydrogens (primary N) is 1. The van der Waals surface area contributed by atoms with Crippen molar-refractivity contribution in [1.82, 2.24) is 5.32 Å². The van der Waals surface area contributed by atoms with Crippen LogP contribution in [-0.2, 0) is 0 Å². The van der Waals surface area contributed by atoms with Crippen LogP contribution in [0.5, 0.6) is 0 Å². The van der Waals surface area contributed by atoms with Gasteiger partial charge in [0.15, 0.2) is 0 Å². The van der Waals surface area contributed by atoms with Gasteiger partial charge in [0, 0.05) is 12.1 Å². The first-order chi connectivity index (χ1) is 8.72. The summed E-state index contributed by atoms with van der Waals surface area (Å²) >= 11 is 0. The number of hydrogen-bond donors (Lipinski definition) is 2. The quantitative estimate of drug-likeness (QED) is 0.787. The summed E-state index contributed by atoms with van der Waals surface area (Å²) in [5.41, 5.74) is 6.72. The number of nitrogens with one attached hydrogen (secondary N) is 1. The van der Waals surface area contributed by atoms with Gasteiger partial charge in [-0.3, -0.25) is 4.79 Å². The highest BCUT2D eigenvalue weighted by Gasteiger charge is 2.32. The maximum absolute atomic E-state index is 12.1. The summed E-state index contributed by atoms with van der Waals surface area (Å²) in [4.78, 5) is 12.1. The maximum Gasteiger partial charge on any atom is 0.252 e. The van der Waals surface area contributed by atoms with Gasteiger partial charge >= 0.3 is 0 Å². The molecule has 0 aliphatic heterocycles. The first-order valence-electron chi connectivity index (χ1n) is 6.28. The minimum absolute atomic E-state index is 0.0454. The van der Waals surface area contributed by atoms with Gasteiger partial charge in [-0.05, 0) is 30.4 Å². The largest absolute Gasteiger partial charge is 0.352 e. The van der Waals surface area contributed by atoms with Crippen LogP contribution in [0.2, 0.25) is 0 Å². The lowest BCUT2D eigenvalue weighted by atomic mass is 10.1. The van der Waals surface area contributed by atoms with Crippen LogP contribution in [0.1, 0.15) is 29.3 Å². The molecule has 1 amide bonds. The normalized spacial score (nSPS) is 20.8. The van der Waals surface area contributed by atoms with Crippen molar-refractivity contribution in [1.29, 1.82) is 0 Å². The maximum atomic E-state index is 12.1. The van der Waals surface area contributed by atoms with E-state index >= 15 is 0 Å². The van der Waals surface area contributed by atoms with Crippen LogP contribution in [0.25, 0.3) is 0 Å². The van der Waals surface area contributed by atoms with Gasteiger partial charge in [-0.2, -0.15) is 0 Å². The van der Waals surface area contributed by atoms with Crippen molar-refractivity contribution in [2.45, 2.75) is 13.3 Å². The van der Waals surface area contributed by atoms with E-state index in [2.05, 4.69) is 24.1 Å². The van der Waals surface area contributed by atoms with E-state index in [0.717, 1.165) is 18.0 Å². The van der Waals surface area contributed by atoms with E-state index in [9.17, 15) is 4.79 Å². The average Bonchev–Trinajstić information content (AvgIpc) is 3.10. The lowest BCUT2D eigenvalue weighted by Gasteiger charge is -2.06. The zero-order chi connectivity index (χ0) is 13.0. The summed E-state index contributed by atoms with van der Waals surface area (Å²) in [6.07, 6.45) is 1.22. The van der Waals surface area contributed by atoms with Crippen LogP contribution in [0.3, 0.4) is 0 Å². The standard InChI is InChI=1S/C15H18N2O/c1-11-9-13(11)10-17-15(18)14-7-3-2-5-12(14)6-4-8-16/h2-3,5,7,11,13H,8-10,16H2,1H3,(H,17,18). The third-order valence-corrected chi connectivity index (χ3v) is 3.30. The molecule has 1 aromatic rings. The molecule has 0 bridgehead atoms. The Morgan fingerprint density at radius 2 is 2.22 bits per heavy atom. The van der Waals surface area contributed by atoms with Crippen molar-refractivity contribution in [3.05, 3.63) is 35.4 Å². The Morgan fingerprint density at radius 3 is 2.89 bits per heavy atom. The number of carbonyl (C=O) groups is 1. The van der Waals surface area contributed by atoms with Gasteiger partial charge < -0.3 is 11.1 Å².